The summed E-state index contributed by atoms with van der Waals surface area (Å²) in [5.74, 6) is -0.494. The van der Waals surface area contributed by atoms with Crippen LogP contribution in [0.2, 0.25) is 0 Å². The number of unbranched alkanes of at least 4 members (excludes halogenated alkanes) is 5. The van der Waals surface area contributed by atoms with E-state index in [0.29, 0.717) is 13.1 Å². The van der Waals surface area contributed by atoms with Gasteiger partial charge in [0.2, 0.25) is 5.91 Å². The summed E-state index contributed by atoms with van der Waals surface area (Å²) in [6, 6.07) is 0. The van der Waals surface area contributed by atoms with E-state index in [2.05, 4.69) is 5.32 Å². The van der Waals surface area contributed by atoms with Gasteiger partial charge < -0.3 is 10.1 Å². The molecule has 0 aliphatic carbocycles. The highest BCUT2D eigenvalue weighted by atomic mass is 16.2. The molecular formula is C16H24N2O4. The van der Waals surface area contributed by atoms with Crippen molar-refractivity contribution in [2.24, 2.45) is 0 Å². The molecule has 0 spiro atoms. The van der Waals surface area contributed by atoms with Crippen LogP contribution in [0.3, 0.4) is 0 Å². The van der Waals surface area contributed by atoms with Crippen LogP contribution in [0.25, 0.3) is 0 Å². The molecule has 122 valence electrons. The van der Waals surface area contributed by atoms with Crippen LogP contribution in [0, 0.1) is 0 Å². The van der Waals surface area contributed by atoms with Gasteiger partial charge in [-0.15, -0.1) is 0 Å². The van der Waals surface area contributed by atoms with Gasteiger partial charge in [0.25, 0.3) is 11.8 Å². The first-order valence-electron chi connectivity index (χ1n) is 7.89. The van der Waals surface area contributed by atoms with Gasteiger partial charge in [-0.2, -0.15) is 0 Å². The van der Waals surface area contributed by atoms with Crippen molar-refractivity contribution in [3.05, 3.63) is 12.2 Å². The maximum absolute atomic E-state index is 11.3. The van der Waals surface area contributed by atoms with Gasteiger partial charge in [0.1, 0.15) is 6.29 Å². The van der Waals surface area contributed by atoms with Crippen LogP contribution >= 0.6 is 0 Å². The van der Waals surface area contributed by atoms with Crippen molar-refractivity contribution < 1.29 is 19.2 Å². The molecule has 1 aliphatic heterocycles. The lowest BCUT2D eigenvalue weighted by molar-refractivity contribution is -0.136. The first-order valence-corrected chi connectivity index (χ1v) is 7.89. The first-order chi connectivity index (χ1) is 10.6. The highest BCUT2D eigenvalue weighted by Crippen LogP contribution is 2.09. The molecule has 0 saturated carbocycles. The van der Waals surface area contributed by atoms with E-state index in [0.717, 1.165) is 44.8 Å². The molecule has 6 nitrogen and oxygen atoms in total. The van der Waals surface area contributed by atoms with Crippen molar-refractivity contribution in [3.63, 3.8) is 0 Å². The zero-order valence-electron chi connectivity index (χ0n) is 12.9. The Morgan fingerprint density at radius 1 is 1.00 bits per heavy atom. The van der Waals surface area contributed by atoms with Gasteiger partial charge in [0, 0.05) is 38.1 Å². The number of nitrogens with one attached hydrogen (secondary N) is 1. The summed E-state index contributed by atoms with van der Waals surface area (Å²) < 4.78 is 0. The van der Waals surface area contributed by atoms with E-state index >= 15 is 0 Å². The number of amides is 3. The molecule has 0 bridgehead atoms. The number of aldehydes is 1. The minimum Gasteiger partial charge on any atom is -0.356 e. The summed E-state index contributed by atoms with van der Waals surface area (Å²) in [5.41, 5.74) is 0. The Morgan fingerprint density at radius 2 is 1.59 bits per heavy atom. The lowest BCUT2D eigenvalue weighted by atomic mass is 10.1. The Balaban J connectivity index is 1.88. The van der Waals surface area contributed by atoms with Gasteiger partial charge in [0.05, 0.1) is 0 Å². The second-order valence-corrected chi connectivity index (χ2v) is 5.34. The molecule has 22 heavy (non-hydrogen) atoms. The van der Waals surface area contributed by atoms with E-state index in [9.17, 15) is 19.2 Å². The molecule has 1 aliphatic rings. The van der Waals surface area contributed by atoms with Crippen LogP contribution in [0.5, 0.6) is 0 Å². The topological polar surface area (TPSA) is 83.6 Å². The van der Waals surface area contributed by atoms with E-state index in [1.807, 2.05) is 0 Å². The predicted molar refractivity (Wildman–Crippen MR) is 81.9 cm³/mol. The zero-order valence-corrected chi connectivity index (χ0v) is 12.9. The van der Waals surface area contributed by atoms with Crippen LogP contribution in [0.15, 0.2) is 12.2 Å². The van der Waals surface area contributed by atoms with E-state index in [4.69, 9.17) is 0 Å². The fourth-order valence-electron chi connectivity index (χ4n) is 2.26. The van der Waals surface area contributed by atoms with Crippen molar-refractivity contribution in [2.75, 3.05) is 13.1 Å². The largest absolute Gasteiger partial charge is 0.356 e. The van der Waals surface area contributed by atoms with E-state index < -0.39 is 0 Å². The molecule has 6 heteroatoms. The summed E-state index contributed by atoms with van der Waals surface area (Å²) in [5, 5.41) is 2.78. The van der Waals surface area contributed by atoms with Crippen molar-refractivity contribution in [1.29, 1.82) is 0 Å². The van der Waals surface area contributed by atoms with Crippen LogP contribution in [-0.4, -0.2) is 42.0 Å². The third kappa shape index (κ3) is 7.15. The lowest BCUT2D eigenvalue weighted by Crippen LogP contribution is -2.30. The van der Waals surface area contributed by atoms with Gasteiger partial charge >= 0.3 is 0 Å². The molecule has 1 N–H and O–H groups in total. The average molecular weight is 308 g/mol. The van der Waals surface area contributed by atoms with Crippen molar-refractivity contribution in [3.8, 4) is 0 Å². The number of carbonyl (C=O) groups excluding carboxylic acids is 4. The fourth-order valence-corrected chi connectivity index (χ4v) is 2.26. The highest BCUT2D eigenvalue weighted by molar-refractivity contribution is 6.12. The van der Waals surface area contributed by atoms with Gasteiger partial charge in [-0.05, 0) is 12.8 Å². The number of nitrogens with zero attached hydrogens (tertiary/aromatic N) is 1. The predicted octanol–water partition coefficient (Wildman–Crippen LogP) is 1.35. The van der Waals surface area contributed by atoms with Gasteiger partial charge in [-0.1, -0.05) is 25.7 Å². The number of hydrogen-bond donors (Lipinski definition) is 1. The fraction of sp³-hybridized carbons (Fsp3) is 0.625. The minimum atomic E-state index is -0.213. The first kappa shape index (κ1) is 18.1. The quantitative estimate of drug-likeness (QED) is 0.335. The molecule has 0 aromatic carbocycles. The molecule has 0 unspecified atom stereocenters. The summed E-state index contributed by atoms with van der Waals surface area (Å²) in [4.78, 5) is 45.2. The van der Waals surface area contributed by atoms with Crippen LogP contribution < -0.4 is 5.32 Å². The normalized spacial score (nSPS) is 13.7. The second-order valence-electron chi connectivity index (χ2n) is 5.34. The van der Waals surface area contributed by atoms with Crippen molar-refractivity contribution in [1.82, 2.24) is 10.2 Å². The molecule has 0 saturated heterocycles. The van der Waals surface area contributed by atoms with Crippen molar-refractivity contribution >= 4 is 24.0 Å². The summed E-state index contributed by atoms with van der Waals surface area (Å²) in [6.45, 7) is 1.15. The average Bonchev–Trinajstić information content (AvgIpc) is 2.82. The Morgan fingerprint density at radius 3 is 2.23 bits per heavy atom. The Bertz CT molecular complexity index is 414. The molecule has 0 aromatic rings. The second kappa shape index (κ2) is 10.7. The van der Waals surface area contributed by atoms with Gasteiger partial charge in [-0.25, -0.2) is 0 Å². The van der Waals surface area contributed by atoms with E-state index in [-0.39, 0.29) is 30.6 Å². The number of imide groups is 1. The maximum Gasteiger partial charge on any atom is 0.253 e. The van der Waals surface area contributed by atoms with E-state index in [1.165, 1.54) is 17.1 Å². The molecule has 0 atom stereocenters. The third-order valence-electron chi connectivity index (χ3n) is 3.52. The molecule has 1 heterocycles. The molecular weight excluding hydrogens is 284 g/mol. The van der Waals surface area contributed by atoms with Crippen molar-refractivity contribution in [2.45, 2.75) is 51.4 Å². The molecule has 3 amide bonds. The summed E-state index contributed by atoms with van der Waals surface area (Å²) in [7, 11) is 0. The summed E-state index contributed by atoms with van der Waals surface area (Å²) >= 11 is 0. The molecule has 0 aromatic heterocycles. The van der Waals surface area contributed by atoms with Gasteiger partial charge in [-0.3, -0.25) is 19.3 Å². The molecule has 1 rings (SSSR count). The highest BCUT2D eigenvalue weighted by Gasteiger charge is 2.21. The Kier molecular flexibility index (Phi) is 8.79. The maximum atomic E-state index is 11.3. The van der Waals surface area contributed by atoms with Crippen LogP contribution in [0.1, 0.15) is 51.4 Å². The number of hydrogen-bond acceptors (Lipinski definition) is 4. The SMILES string of the molecule is O=CCCC(=O)NCCCCCCCCN1C(=O)C=CC1=O. The smallest absolute Gasteiger partial charge is 0.253 e. The summed E-state index contributed by atoms with van der Waals surface area (Å²) in [6.07, 6.45) is 9.85. The Labute approximate surface area is 130 Å². The number of carbonyl (C=O) groups is 4. The van der Waals surface area contributed by atoms with Gasteiger partial charge in [0.15, 0.2) is 0 Å². The third-order valence-corrected chi connectivity index (χ3v) is 3.52. The standard InChI is InChI=1S/C16H24N2O4/c19-13-7-8-14(20)17-11-5-3-1-2-4-6-12-18-15(21)9-10-16(18)22/h9-10,13H,1-8,11-12H2,(H,17,20). The molecule has 0 radical (unpaired) electrons. The van der Waals surface area contributed by atoms with Crippen LogP contribution in [0.4, 0.5) is 0 Å². The molecule has 0 fully saturated rings. The van der Waals surface area contributed by atoms with E-state index in [1.54, 1.807) is 0 Å². The minimum absolute atomic E-state index is 0.0688. The lowest BCUT2D eigenvalue weighted by Gasteiger charge is -2.13. The monoisotopic (exact) mass is 308 g/mol. The zero-order chi connectivity index (χ0) is 16.2. The van der Waals surface area contributed by atoms with Crippen LogP contribution in [-0.2, 0) is 19.2 Å². The number of rotatable bonds is 12. The Hall–Kier alpha value is -1.98.